The number of hydrogen-bond donors (Lipinski definition) is 1. The molecule has 5 heteroatoms. The molecule has 0 saturated carbocycles. The molecule has 0 aliphatic heterocycles. The number of nitrogens with zero attached hydrogens (tertiary/aromatic N) is 1. The fraction of sp³-hybridized carbons (Fsp3) is 0.273. The molecule has 27 heavy (non-hydrogen) atoms. The van der Waals surface area contributed by atoms with E-state index in [9.17, 15) is 4.79 Å². The maximum Gasteiger partial charge on any atom is 0.306 e. The fourth-order valence-electron chi connectivity index (χ4n) is 2.96. The quantitative estimate of drug-likeness (QED) is 0.497. The molecule has 140 valence electrons. The van der Waals surface area contributed by atoms with Gasteiger partial charge in [-0.15, -0.1) is 0 Å². The van der Waals surface area contributed by atoms with E-state index in [1.165, 1.54) is 0 Å². The monoisotopic (exact) mass is 383 g/mol. The van der Waals surface area contributed by atoms with Crippen molar-refractivity contribution < 1.29 is 14.6 Å². The van der Waals surface area contributed by atoms with Crippen molar-refractivity contribution in [3.8, 4) is 17.0 Å². The summed E-state index contributed by atoms with van der Waals surface area (Å²) >= 11 is 6.18. The maximum atomic E-state index is 10.9. The molecule has 0 radical (unpaired) electrons. The first-order valence-corrected chi connectivity index (χ1v) is 9.44. The van der Waals surface area contributed by atoms with Gasteiger partial charge in [-0.25, -0.2) is 4.98 Å². The molecule has 2 aromatic carbocycles. The molecule has 1 atom stereocenters. The van der Waals surface area contributed by atoms with Gasteiger partial charge < -0.3 is 9.84 Å². The van der Waals surface area contributed by atoms with Crippen LogP contribution in [0, 0.1) is 5.92 Å². The number of aliphatic carboxylic acids is 1. The second-order valence-electron chi connectivity index (χ2n) is 6.62. The van der Waals surface area contributed by atoms with Crippen molar-refractivity contribution in [2.75, 3.05) is 6.61 Å². The molecular formula is C22H22ClNO3. The predicted octanol–water partition coefficient (Wildman–Crippen LogP) is 5.83. The summed E-state index contributed by atoms with van der Waals surface area (Å²) in [7, 11) is 0. The molecule has 1 aromatic heterocycles. The highest BCUT2D eigenvalue weighted by atomic mass is 35.5. The smallest absolute Gasteiger partial charge is 0.306 e. The summed E-state index contributed by atoms with van der Waals surface area (Å²) < 4.78 is 5.86. The molecule has 0 bridgehead atoms. The number of hydrogen-bond acceptors (Lipinski definition) is 3. The second-order valence-corrected chi connectivity index (χ2v) is 7.06. The number of unbranched alkanes of at least 4 members (excludes halogenated alkanes) is 1. The Kier molecular flexibility index (Phi) is 6.30. The Morgan fingerprint density at radius 3 is 2.67 bits per heavy atom. The van der Waals surface area contributed by atoms with Crippen LogP contribution in [0.5, 0.6) is 5.88 Å². The summed E-state index contributed by atoms with van der Waals surface area (Å²) in [6, 6.07) is 17.6. The summed E-state index contributed by atoms with van der Waals surface area (Å²) in [5, 5.41) is 10.6. The van der Waals surface area contributed by atoms with Crippen LogP contribution in [0.1, 0.15) is 26.2 Å². The highest BCUT2D eigenvalue weighted by Gasteiger charge is 2.11. The molecule has 1 heterocycles. The Labute approximate surface area is 163 Å². The van der Waals surface area contributed by atoms with Gasteiger partial charge in [0.05, 0.1) is 18.0 Å². The standard InChI is InChI=1S/C22H22ClNO3/c1-15(22(25)26)7-5-6-12-27-21-14-18(16-8-3-2-4-9-16)19-13-17(23)10-11-20(19)24-21/h2-4,8-11,13-15H,5-7,12H2,1H3,(H,25,26). The van der Waals surface area contributed by atoms with Crippen molar-refractivity contribution >= 4 is 28.5 Å². The zero-order chi connectivity index (χ0) is 19.2. The Balaban J connectivity index is 1.77. The topological polar surface area (TPSA) is 59.4 Å². The van der Waals surface area contributed by atoms with Crippen molar-refractivity contribution in [2.24, 2.45) is 5.92 Å². The summed E-state index contributed by atoms with van der Waals surface area (Å²) in [6.07, 6.45) is 2.25. The van der Waals surface area contributed by atoms with Crippen LogP contribution in [0.3, 0.4) is 0 Å². The van der Waals surface area contributed by atoms with Crippen LogP contribution < -0.4 is 4.74 Å². The van der Waals surface area contributed by atoms with Crippen molar-refractivity contribution in [1.29, 1.82) is 0 Å². The van der Waals surface area contributed by atoms with Crippen LogP contribution in [0.15, 0.2) is 54.6 Å². The van der Waals surface area contributed by atoms with Gasteiger partial charge in [0.2, 0.25) is 5.88 Å². The molecule has 1 N–H and O–H groups in total. The lowest BCUT2D eigenvalue weighted by Crippen LogP contribution is -2.09. The number of aromatic nitrogens is 1. The summed E-state index contributed by atoms with van der Waals surface area (Å²) in [6.45, 7) is 2.23. The van der Waals surface area contributed by atoms with Crippen LogP contribution in [0.2, 0.25) is 5.02 Å². The van der Waals surface area contributed by atoms with Gasteiger partial charge in [-0.3, -0.25) is 4.79 Å². The van der Waals surface area contributed by atoms with Gasteiger partial charge in [-0.1, -0.05) is 48.9 Å². The van der Waals surface area contributed by atoms with E-state index in [4.69, 9.17) is 21.4 Å². The summed E-state index contributed by atoms with van der Waals surface area (Å²) in [5.74, 6) is -0.508. The number of carboxylic acid groups (broad SMARTS) is 1. The Morgan fingerprint density at radius 1 is 1.15 bits per heavy atom. The zero-order valence-corrected chi connectivity index (χ0v) is 15.9. The number of carboxylic acids is 1. The van der Waals surface area contributed by atoms with E-state index in [-0.39, 0.29) is 5.92 Å². The van der Waals surface area contributed by atoms with E-state index in [2.05, 4.69) is 4.98 Å². The molecule has 4 nitrogen and oxygen atoms in total. The maximum absolute atomic E-state index is 10.9. The first-order valence-electron chi connectivity index (χ1n) is 9.06. The average molecular weight is 384 g/mol. The third-order valence-corrected chi connectivity index (χ3v) is 4.77. The highest BCUT2D eigenvalue weighted by molar-refractivity contribution is 6.31. The Bertz CT molecular complexity index is 927. The van der Waals surface area contributed by atoms with Gasteiger partial charge in [0, 0.05) is 16.5 Å². The minimum Gasteiger partial charge on any atom is -0.481 e. The highest BCUT2D eigenvalue weighted by Crippen LogP contribution is 2.32. The predicted molar refractivity (Wildman–Crippen MR) is 108 cm³/mol. The lowest BCUT2D eigenvalue weighted by Gasteiger charge is -2.12. The van der Waals surface area contributed by atoms with Crippen LogP contribution >= 0.6 is 11.6 Å². The second kappa shape index (κ2) is 8.87. The number of ether oxygens (including phenoxy) is 1. The third kappa shape index (κ3) is 4.98. The van der Waals surface area contributed by atoms with Crippen molar-refractivity contribution in [2.45, 2.75) is 26.2 Å². The minimum atomic E-state index is -0.752. The molecule has 0 aliphatic rings. The van der Waals surface area contributed by atoms with E-state index in [0.29, 0.717) is 23.9 Å². The van der Waals surface area contributed by atoms with Crippen LogP contribution in [0.4, 0.5) is 0 Å². The lowest BCUT2D eigenvalue weighted by atomic mass is 10.0. The van der Waals surface area contributed by atoms with Gasteiger partial charge in [-0.2, -0.15) is 0 Å². The van der Waals surface area contributed by atoms with E-state index in [0.717, 1.165) is 34.9 Å². The Morgan fingerprint density at radius 2 is 1.93 bits per heavy atom. The number of rotatable bonds is 8. The molecule has 0 spiro atoms. The van der Waals surface area contributed by atoms with Gasteiger partial charge in [-0.05, 0) is 48.6 Å². The molecule has 3 rings (SSSR count). The summed E-state index contributed by atoms with van der Waals surface area (Å²) in [4.78, 5) is 15.4. The van der Waals surface area contributed by atoms with Crippen molar-refractivity contribution in [3.05, 3.63) is 59.6 Å². The van der Waals surface area contributed by atoms with Gasteiger partial charge >= 0.3 is 5.97 Å². The first kappa shape index (κ1) is 19.2. The molecule has 3 aromatic rings. The molecule has 0 aliphatic carbocycles. The zero-order valence-electron chi connectivity index (χ0n) is 15.2. The summed E-state index contributed by atoms with van der Waals surface area (Å²) in [5.41, 5.74) is 2.93. The van der Waals surface area contributed by atoms with Gasteiger partial charge in [0.25, 0.3) is 0 Å². The third-order valence-electron chi connectivity index (χ3n) is 4.54. The normalized spacial score (nSPS) is 12.1. The number of fused-ring (bicyclic) bond motifs is 1. The number of pyridine rings is 1. The fourth-order valence-corrected chi connectivity index (χ4v) is 3.13. The van der Waals surface area contributed by atoms with E-state index < -0.39 is 5.97 Å². The lowest BCUT2D eigenvalue weighted by molar-refractivity contribution is -0.141. The largest absolute Gasteiger partial charge is 0.481 e. The molecule has 1 unspecified atom stereocenters. The number of halogens is 1. The first-order chi connectivity index (χ1) is 13.0. The molecule has 0 amide bonds. The molecular weight excluding hydrogens is 362 g/mol. The average Bonchev–Trinajstić information content (AvgIpc) is 2.67. The molecule has 0 saturated heterocycles. The van der Waals surface area contributed by atoms with Gasteiger partial charge in [0.15, 0.2) is 0 Å². The number of carbonyl (C=O) groups is 1. The van der Waals surface area contributed by atoms with Crippen molar-refractivity contribution in [1.82, 2.24) is 4.98 Å². The molecule has 0 fully saturated rings. The SMILES string of the molecule is CC(CCCCOc1cc(-c2ccccc2)c2cc(Cl)ccc2n1)C(=O)O. The van der Waals surface area contributed by atoms with Crippen molar-refractivity contribution in [3.63, 3.8) is 0 Å². The van der Waals surface area contributed by atoms with E-state index in [1.54, 1.807) is 6.92 Å². The Hall–Kier alpha value is -2.59. The minimum absolute atomic E-state index is 0.321. The van der Waals surface area contributed by atoms with E-state index in [1.807, 2.05) is 54.6 Å². The van der Waals surface area contributed by atoms with Gasteiger partial charge in [0.1, 0.15) is 0 Å². The number of benzene rings is 2. The van der Waals surface area contributed by atoms with Crippen LogP contribution in [0.25, 0.3) is 22.0 Å². The van der Waals surface area contributed by atoms with Crippen LogP contribution in [-0.2, 0) is 4.79 Å². The van der Waals surface area contributed by atoms with E-state index >= 15 is 0 Å². The van der Waals surface area contributed by atoms with Crippen LogP contribution in [-0.4, -0.2) is 22.7 Å².